The number of fused-ring (bicyclic) bond motifs is 1. The molecule has 30 heavy (non-hydrogen) atoms. The van der Waals surface area contributed by atoms with E-state index in [0.29, 0.717) is 41.9 Å². The molecular weight excluding hydrogens is 412 g/mol. The Hall–Kier alpha value is -3.14. The number of nitrogens with one attached hydrogen (secondary N) is 1. The second-order valence-corrected chi connectivity index (χ2v) is 8.69. The Morgan fingerprint density at radius 2 is 1.70 bits per heavy atom. The zero-order valence-electron chi connectivity index (χ0n) is 17.2. The molecule has 0 atom stereocenters. The Labute approximate surface area is 175 Å². The first-order valence-corrected chi connectivity index (χ1v) is 10.8. The van der Waals surface area contributed by atoms with Crippen LogP contribution in [0.3, 0.4) is 0 Å². The maximum absolute atomic E-state index is 13.1. The summed E-state index contributed by atoms with van der Waals surface area (Å²) in [5.41, 5.74) is 0.762. The Morgan fingerprint density at radius 3 is 2.33 bits per heavy atom. The van der Waals surface area contributed by atoms with Crippen molar-refractivity contribution in [3.8, 4) is 23.0 Å². The average molecular weight is 436 g/mol. The van der Waals surface area contributed by atoms with E-state index in [9.17, 15) is 13.2 Å². The van der Waals surface area contributed by atoms with Crippen LogP contribution in [0.2, 0.25) is 0 Å². The van der Waals surface area contributed by atoms with Gasteiger partial charge in [0.1, 0.15) is 13.2 Å². The number of ether oxygens (including phenoxy) is 4. The molecule has 0 aliphatic carbocycles. The lowest BCUT2D eigenvalue weighted by molar-refractivity contribution is 0.102. The standard InChI is InChI=1S/C20H24N2O7S/c1-5-30(24,25)22(2)15-12-18(27-4)17(26-3)11-14(15)20(23)21-13-6-7-16-19(10-13)29-9-8-28-16/h6-7,10-12H,5,8-9H2,1-4H3,(H,21,23). The van der Waals surface area contributed by atoms with Crippen molar-refractivity contribution in [2.45, 2.75) is 6.92 Å². The molecule has 0 bridgehead atoms. The van der Waals surface area contributed by atoms with Gasteiger partial charge in [0, 0.05) is 24.9 Å². The number of nitrogens with zero attached hydrogens (tertiary/aromatic N) is 1. The summed E-state index contributed by atoms with van der Waals surface area (Å²) in [6.07, 6.45) is 0. The van der Waals surface area contributed by atoms with E-state index in [0.717, 1.165) is 4.31 Å². The number of amides is 1. The topological polar surface area (TPSA) is 103 Å². The van der Waals surface area contributed by atoms with Crippen LogP contribution in [-0.4, -0.2) is 54.6 Å². The molecule has 0 unspecified atom stereocenters. The molecular formula is C20H24N2O7S. The number of methoxy groups -OCH3 is 2. The van der Waals surface area contributed by atoms with Crippen molar-refractivity contribution in [2.75, 3.05) is 49.9 Å². The van der Waals surface area contributed by atoms with Crippen molar-refractivity contribution in [3.63, 3.8) is 0 Å². The fourth-order valence-corrected chi connectivity index (χ4v) is 3.81. The highest BCUT2D eigenvalue weighted by molar-refractivity contribution is 7.92. The summed E-state index contributed by atoms with van der Waals surface area (Å²) in [6.45, 7) is 2.41. The second-order valence-electron chi connectivity index (χ2n) is 6.40. The molecule has 3 rings (SSSR count). The van der Waals surface area contributed by atoms with E-state index in [4.69, 9.17) is 18.9 Å². The Balaban J connectivity index is 2.01. The molecule has 1 amide bonds. The molecule has 1 N–H and O–H groups in total. The van der Waals surface area contributed by atoms with Crippen molar-refractivity contribution in [2.24, 2.45) is 0 Å². The summed E-state index contributed by atoms with van der Waals surface area (Å²) >= 11 is 0. The van der Waals surface area contributed by atoms with Gasteiger partial charge in [0.25, 0.3) is 5.91 Å². The van der Waals surface area contributed by atoms with E-state index >= 15 is 0 Å². The van der Waals surface area contributed by atoms with Crippen LogP contribution in [0.5, 0.6) is 23.0 Å². The number of benzene rings is 2. The molecule has 2 aromatic carbocycles. The summed E-state index contributed by atoms with van der Waals surface area (Å²) in [5.74, 6) is 1.09. The number of hydrogen-bond donors (Lipinski definition) is 1. The third-order valence-corrected chi connectivity index (χ3v) is 6.43. The van der Waals surface area contributed by atoms with E-state index in [1.54, 1.807) is 18.2 Å². The van der Waals surface area contributed by atoms with Gasteiger partial charge in [0.2, 0.25) is 10.0 Å². The number of hydrogen-bond acceptors (Lipinski definition) is 7. The van der Waals surface area contributed by atoms with Crippen LogP contribution in [0.25, 0.3) is 0 Å². The Morgan fingerprint density at radius 1 is 1.07 bits per heavy atom. The lowest BCUT2D eigenvalue weighted by atomic mass is 10.1. The Kier molecular flexibility index (Phi) is 6.25. The first-order chi connectivity index (χ1) is 14.3. The fourth-order valence-electron chi connectivity index (χ4n) is 2.97. The molecule has 0 saturated heterocycles. The van der Waals surface area contributed by atoms with Crippen LogP contribution < -0.4 is 28.6 Å². The van der Waals surface area contributed by atoms with Gasteiger partial charge in [-0.05, 0) is 25.1 Å². The summed E-state index contributed by atoms with van der Waals surface area (Å²) < 4.78 is 47.5. The number of carbonyl (C=O) groups is 1. The highest BCUT2D eigenvalue weighted by Gasteiger charge is 2.25. The highest BCUT2D eigenvalue weighted by atomic mass is 32.2. The van der Waals surface area contributed by atoms with Gasteiger partial charge in [-0.3, -0.25) is 9.10 Å². The van der Waals surface area contributed by atoms with Crippen LogP contribution in [0.1, 0.15) is 17.3 Å². The molecule has 9 nitrogen and oxygen atoms in total. The van der Waals surface area contributed by atoms with Crippen LogP contribution in [0.15, 0.2) is 30.3 Å². The van der Waals surface area contributed by atoms with E-state index in [1.165, 1.54) is 40.3 Å². The monoisotopic (exact) mass is 436 g/mol. The predicted molar refractivity (Wildman–Crippen MR) is 113 cm³/mol. The quantitative estimate of drug-likeness (QED) is 0.711. The number of rotatable bonds is 7. The molecule has 162 valence electrons. The lowest BCUT2D eigenvalue weighted by Crippen LogP contribution is -2.30. The molecule has 1 aliphatic rings. The summed E-state index contributed by atoms with van der Waals surface area (Å²) in [4.78, 5) is 13.1. The zero-order chi connectivity index (χ0) is 21.9. The van der Waals surface area contributed by atoms with Gasteiger partial charge in [0.05, 0.1) is 31.2 Å². The van der Waals surface area contributed by atoms with Gasteiger partial charge in [-0.2, -0.15) is 0 Å². The van der Waals surface area contributed by atoms with Gasteiger partial charge < -0.3 is 24.3 Å². The molecule has 2 aromatic rings. The predicted octanol–water partition coefficient (Wildman–Crippen LogP) is 2.51. The van der Waals surface area contributed by atoms with E-state index in [1.807, 2.05) is 0 Å². The van der Waals surface area contributed by atoms with E-state index < -0.39 is 15.9 Å². The second kappa shape index (κ2) is 8.70. The third kappa shape index (κ3) is 4.23. The summed E-state index contributed by atoms with van der Waals surface area (Å²) in [6, 6.07) is 7.94. The van der Waals surface area contributed by atoms with Gasteiger partial charge in [-0.1, -0.05) is 0 Å². The molecule has 0 fully saturated rings. The van der Waals surface area contributed by atoms with Crippen molar-refractivity contribution < 1.29 is 32.2 Å². The van der Waals surface area contributed by atoms with Gasteiger partial charge in [-0.15, -0.1) is 0 Å². The lowest BCUT2D eigenvalue weighted by Gasteiger charge is -2.23. The van der Waals surface area contributed by atoms with E-state index in [-0.39, 0.29) is 17.0 Å². The van der Waals surface area contributed by atoms with E-state index in [2.05, 4.69) is 5.32 Å². The SMILES string of the molecule is CCS(=O)(=O)N(C)c1cc(OC)c(OC)cc1C(=O)Nc1ccc2c(c1)OCCO2. The smallest absolute Gasteiger partial charge is 0.257 e. The number of carbonyl (C=O) groups excluding carboxylic acids is 1. The van der Waals surface area contributed by atoms with Gasteiger partial charge in [0.15, 0.2) is 23.0 Å². The first-order valence-electron chi connectivity index (χ1n) is 9.24. The largest absolute Gasteiger partial charge is 0.493 e. The molecule has 0 saturated carbocycles. The maximum Gasteiger partial charge on any atom is 0.257 e. The normalized spacial score (nSPS) is 12.8. The van der Waals surface area contributed by atoms with Gasteiger partial charge in [-0.25, -0.2) is 8.42 Å². The van der Waals surface area contributed by atoms with Gasteiger partial charge >= 0.3 is 0 Å². The number of anilines is 2. The minimum atomic E-state index is -3.62. The summed E-state index contributed by atoms with van der Waals surface area (Å²) in [7, 11) is 0.646. The molecule has 0 radical (unpaired) electrons. The van der Waals surface area contributed by atoms with Crippen LogP contribution in [0.4, 0.5) is 11.4 Å². The molecule has 10 heteroatoms. The maximum atomic E-state index is 13.1. The minimum absolute atomic E-state index is 0.113. The van der Waals surface area contributed by atoms with Crippen LogP contribution in [-0.2, 0) is 10.0 Å². The van der Waals surface area contributed by atoms with Crippen molar-refractivity contribution in [1.29, 1.82) is 0 Å². The molecule has 0 spiro atoms. The molecule has 1 heterocycles. The first kappa shape index (κ1) is 21.6. The van der Waals surface area contributed by atoms with Crippen molar-refractivity contribution >= 4 is 27.3 Å². The average Bonchev–Trinajstić information content (AvgIpc) is 2.77. The zero-order valence-corrected chi connectivity index (χ0v) is 18.0. The van der Waals surface area contributed by atoms with Crippen molar-refractivity contribution in [1.82, 2.24) is 0 Å². The van der Waals surface area contributed by atoms with Crippen molar-refractivity contribution in [3.05, 3.63) is 35.9 Å². The van der Waals surface area contributed by atoms with Crippen LogP contribution in [0, 0.1) is 0 Å². The third-order valence-electron chi connectivity index (χ3n) is 4.67. The van der Waals surface area contributed by atoms with Crippen LogP contribution >= 0.6 is 0 Å². The molecule has 1 aliphatic heterocycles. The minimum Gasteiger partial charge on any atom is -0.493 e. The Bertz CT molecular complexity index is 1050. The molecule has 0 aromatic heterocycles. The number of sulfonamides is 1. The fraction of sp³-hybridized carbons (Fsp3) is 0.350. The highest BCUT2D eigenvalue weighted by Crippen LogP contribution is 2.37. The summed E-state index contributed by atoms with van der Waals surface area (Å²) in [5, 5.41) is 2.77.